The third-order valence-corrected chi connectivity index (χ3v) is 20.6. The highest BCUT2D eigenvalue weighted by Crippen LogP contribution is 2.45. The Bertz CT molecular complexity index is 6970. The van der Waals surface area contributed by atoms with Crippen molar-refractivity contribution < 1.29 is 0 Å². The molecule has 0 aliphatic carbocycles. The molecule has 0 fully saturated rings. The second kappa shape index (κ2) is 23.7. The van der Waals surface area contributed by atoms with Crippen molar-refractivity contribution in [1.82, 2.24) is 53.2 Å². The maximum Gasteiger partial charge on any atom is 0.237 e. The molecule has 0 saturated heterocycles. The van der Waals surface area contributed by atoms with E-state index in [9.17, 15) is 0 Å². The summed E-state index contributed by atoms with van der Waals surface area (Å²) in [6.45, 7) is 0. The van der Waals surface area contributed by atoms with Crippen LogP contribution in [0, 0.1) is 0 Å². The van der Waals surface area contributed by atoms with Crippen molar-refractivity contribution in [3.05, 3.63) is 346 Å². The molecule has 0 N–H and O–H groups in total. The smallest absolute Gasteiger partial charge is 0.237 e. The number of benzene rings is 11. The Morgan fingerprint density at radius 1 is 0.212 bits per heavy atom. The molecule has 0 saturated carbocycles. The molecule has 11 nitrogen and oxygen atoms in total. The van der Waals surface area contributed by atoms with Crippen molar-refractivity contribution in [1.29, 1.82) is 0 Å². The van der Waals surface area contributed by atoms with Crippen LogP contribution in [0.5, 0.6) is 0 Å². The summed E-state index contributed by atoms with van der Waals surface area (Å²) in [4.78, 5) is 35.6. The molecule has 0 spiro atoms. The maximum absolute atomic E-state index is 5.63. The Morgan fingerprint density at radius 3 is 1.32 bits per heavy atom. The van der Waals surface area contributed by atoms with Crippen LogP contribution in [0.4, 0.5) is 0 Å². The van der Waals surface area contributed by atoms with Gasteiger partial charge < -0.3 is 9.13 Å². The highest BCUT2D eigenvalue weighted by molar-refractivity contribution is 6.17. The van der Waals surface area contributed by atoms with Crippen LogP contribution in [-0.2, 0) is 0 Å². The summed E-state index contributed by atoms with van der Waals surface area (Å²) in [6, 6.07) is 114. The number of hydrogen-bond acceptors (Lipinski definition) is 7. The maximum atomic E-state index is 5.63. The average Bonchev–Trinajstić information content (AvgIpc) is 1.56. The number of rotatable bonds is 11. The molecule has 21 rings (SSSR count). The van der Waals surface area contributed by atoms with Gasteiger partial charge in [0.25, 0.3) is 0 Å². The molecule has 0 aliphatic rings. The minimum Gasteiger partial charge on any atom is -0.309 e. The van der Waals surface area contributed by atoms with E-state index in [1.807, 2.05) is 60.9 Å². The lowest BCUT2D eigenvalue weighted by Gasteiger charge is -2.15. The molecule has 0 amide bonds. The first-order valence-electron chi connectivity index (χ1n) is 34.9. The average molecular weight is 1330 g/mol. The van der Waals surface area contributed by atoms with E-state index in [-0.39, 0.29) is 0 Å². The van der Waals surface area contributed by atoms with Crippen molar-refractivity contribution >= 4 is 98.4 Å². The van der Waals surface area contributed by atoms with E-state index in [0.717, 1.165) is 172 Å². The lowest BCUT2D eigenvalue weighted by molar-refractivity contribution is 0.998. The SMILES string of the molecule is c1ccc(-n2c3ccccc3c3cccc(-c4ccc5c6cccnc6n(-c6nc(-c7cccc(-c8cccc(-n9c%10ccccc%10c%10cccc(-c%11ccc%12c%13cccnc%13n(-c%13ccc(-c%14cc(-c%15ccccn%15)nc(-c%15ccccn%15)c%14)cc%13)c%12c%11)c%109)c8)c7)c7ccccc7n6)c5c4)c32)cc1. The van der Waals surface area contributed by atoms with Crippen LogP contribution >= 0.6 is 0 Å². The Morgan fingerprint density at radius 2 is 0.683 bits per heavy atom. The quantitative estimate of drug-likeness (QED) is 0.127. The number of hydrogen-bond donors (Lipinski definition) is 0. The van der Waals surface area contributed by atoms with Gasteiger partial charge >= 0.3 is 0 Å². The van der Waals surface area contributed by atoms with Crippen LogP contribution in [0.2, 0.25) is 0 Å². The van der Waals surface area contributed by atoms with E-state index in [2.05, 4.69) is 301 Å². The largest absolute Gasteiger partial charge is 0.309 e. The van der Waals surface area contributed by atoms with Crippen LogP contribution in [-0.4, -0.2) is 53.2 Å². The van der Waals surface area contributed by atoms with E-state index in [1.165, 1.54) is 21.5 Å². The molecule has 0 unspecified atom stereocenters. The summed E-state index contributed by atoms with van der Waals surface area (Å²) in [5, 5.41) is 10.00. The van der Waals surface area contributed by atoms with Gasteiger partial charge in [-0.25, -0.2) is 24.9 Å². The van der Waals surface area contributed by atoms with Crippen LogP contribution < -0.4 is 0 Å². The summed E-state index contributed by atoms with van der Waals surface area (Å²) in [7, 11) is 0. The third-order valence-electron chi connectivity index (χ3n) is 20.6. The highest BCUT2D eigenvalue weighted by Gasteiger charge is 2.24. The predicted molar refractivity (Wildman–Crippen MR) is 424 cm³/mol. The van der Waals surface area contributed by atoms with Gasteiger partial charge in [-0.15, -0.1) is 0 Å². The monoisotopic (exact) mass is 1330 g/mol. The number of para-hydroxylation sites is 6. The van der Waals surface area contributed by atoms with Gasteiger partial charge in [-0.05, 0) is 167 Å². The van der Waals surface area contributed by atoms with E-state index < -0.39 is 0 Å². The molecule has 104 heavy (non-hydrogen) atoms. The highest BCUT2D eigenvalue weighted by atomic mass is 15.2. The molecule has 10 heterocycles. The molecule has 484 valence electrons. The minimum absolute atomic E-state index is 0.543. The molecular weight excluding hydrogens is 1270 g/mol. The van der Waals surface area contributed by atoms with Crippen molar-refractivity contribution in [3.8, 4) is 102 Å². The van der Waals surface area contributed by atoms with Crippen LogP contribution in [0.3, 0.4) is 0 Å². The van der Waals surface area contributed by atoms with E-state index in [0.29, 0.717) is 5.95 Å². The number of aromatic nitrogens is 11. The lowest BCUT2D eigenvalue weighted by atomic mass is 9.99. The lowest BCUT2D eigenvalue weighted by Crippen LogP contribution is -2.04. The van der Waals surface area contributed by atoms with Gasteiger partial charge in [-0.1, -0.05) is 188 Å². The van der Waals surface area contributed by atoms with E-state index in [1.54, 1.807) is 12.4 Å². The van der Waals surface area contributed by atoms with Gasteiger partial charge in [0.05, 0.1) is 67.1 Å². The third kappa shape index (κ3) is 9.41. The van der Waals surface area contributed by atoms with Gasteiger partial charge in [0.1, 0.15) is 11.3 Å². The van der Waals surface area contributed by atoms with E-state index in [4.69, 9.17) is 24.9 Å². The zero-order valence-corrected chi connectivity index (χ0v) is 55.8. The topological polar surface area (TPSA) is 110 Å². The van der Waals surface area contributed by atoms with Crippen molar-refractivity contribution in [2.45, 2.75) is 0 Å². The van der Waals surface area contributed by atoms with Gasteiger partial charge in [0, 0.05) is 107 Å². The summed E-state index contributed by atoms with van der Waals surface area (Å²) in [5.41, 5.74) is 25.8. The van der Waals surface area contributed by atoms with Crippen molar-refractivity contribution in [2.75, 3.05) is 0 Å². The minimum atomic E-state index is 0.543. The fraction of sp³-hybridized carbons (Fsp3) is 0. The first kappa shape index (κ1) is 58.7. The number of nitrogens with zero attached hydrogens (tertiary/aromatic N) is 11. The van der Waals surface area contributed by atoms with Crippen LogP contribution in [0.1, 0.15) is 0 Å². The zero-order valence-electron chi connectivity index (χ0n) is 55.8. The molecule has 0 aliphatic heterocycles. The number of fused-ring (bicyclic) bond motifs is 13. The first-order valence-corrected chi connectivity index (χ1v) is 34.9. The van der Waals surface area contributed by atoms with Gasteiger partial charge in [-0.2, -0.15) is 0 Å². The Labute approximate surface area is 595 Å². The van der Waals surface area contributed by atoms with Crippen LogP contribution in [0.25, 0.3) is 200 Å². The summed E-state index contributed by atoms with van der Waals surface area (Å²) in [5.74, 6) is 0.543. The van der Waals surface area contributed by atoms with E-state index >= 15 is 0 Å². The Balaban J connectivity index is 0.671. The Hall–Kier alpha value is -14.3. The normalized spacial score (nSPS) is 11.8. The van der Waals surface area contributed by atoms with Gasteiger partial charge in [0.2, 0.25) is 5.95 Å². The standard InChI is InChI=1S/C93H57N11/c1-2-23-65(24-3-1)101-84-38-8-5-26-70(84)74-31-16-29-68(89(74)101)62-43-47-73-77-34-19-51-97-92(77)104(87(73)57-62)93-99-79-35-7-4-28-78(79)88(100-93)63-22-14-20-59(52-63)60-21-15-25-67(53-60)102-85-39-9-6-27-71(85)75-32-17-30-69(90(75)102)61-42-46-72-76-33-18-50-96-91(76)103(86(72)56-61)66-44-40-58(41-45-66)64-54-82(80-36-10-12-48-94-80)98-83(55-64)81-37-11-13-49-95-81/h1-57H. The van der Waals surface area contributed by atoms with Gasteiger partial charge in [0.15, 0.2) is 0 Å². The fourth-order valence-corrected chi connectivity index (χ4v) is 15.9. The predicted octanol–water partition coefficient (Wildman–Crippen LogP) is 22.7. The molecule has 0 bridgehead atoms. The fourth-order valence-electron chi connectivity index (χ4n) is 15.9. The molecule has 11 heteroatoms. The Kier molecular flexibility index (Phi) is 13.4. The summed E-state index contributed by atoms with van der Waals surface area (Å²) < 4.78 is 9.30. The number of pyridine rings is 5. The van der Waals surface area contributed by atoms with Gasteiger partial charge in [-0.3, -0.25) is 19.1 Å². The van der Waals surface area contributed by atoms with Crippen molar-refractivity contribution in [2.24, 2.45) is 0 Å². The van der Waals surface area contributed by atoms with Crippen LogP contribution in [0.15, 0.2) is 346 Å². The zero-order chi connectivity index (χ0) is 68.3. The summed E-state index contributed by atoms with van der Waals surface area (Å²) in [6.07, 6.45) is 7.35. The van der Waals surface area contributed by atoms with Crippen molar-refractivity contribution in [3.63, 3.8) is 0 Å². The summed E-state index contributed by atoms with van der Waals surface area (Å²) >= 11 is 0. The molecule has 11 aromatic carbocycles. The second-order valence-electron chi connectivity index (χ2n) is 26.5. The molecule has 10 aromatic heterocycles. The first-order chi connectivity index (χ1) is 51.6. The second-order valence-corrected chi connectivity index (χ2v) is 26.5. The molecule has 0 atom stereocenters. The molecule has 21 aromatic rings. The molecular formula is C93H57N11. The molecule has 0 radical (unpaired) electrons.